The summed E-state index contributed by atoms with van der Waals surface area (Å²) < 4.78 is 10.4. The van der Waals surface area contributed by atoms with Crippen LogP contribution in [-0.4, -0.2) is 43.4 Å². The molecule has 2 unspecified atom stereocenters. The highest BCUT2D eigenvalue weighted by atomic mass is 32.2. The summed E-state index contributed by atoms with van der Waals surface area (Å²) in [6, 6.07) is 8.27. The third-order valence-electron chi connectivity index (χ3n) is 2.41. The monoisotopic (exact) mass is 270 g/mol. The van der Waals surface area contributed by atoms with Gasteiger partial charge in [-0.25, -0.2) is 0 Å². The van der Waals surface area contributed by atoms with Crippen molar-refractivity contribution in [3.63, 3.8) is 0 Å². The highest BCUT2D eigenvalue weighted by Crippen LogP contribution is 2.19. The third-order valence-corrected chi connectivity index (χ3v) is 3.55. The van der Waals surface area contributed by atoms with Crippen molar-refractivity contribution in [3.05, 3.63) is 29.8 Å². The summed E-state index contributed by atoms with van der Waals surface area (Å²) in [6.07, 6.45) is -0.427. The molecule has 0 heterocycles. The van der Waals surface area contributed by atoms with Crippen LogP contribution in [0.15, 0.2) is 29.2 Å². The Kier molecular flexibility index (Phi) is 7.35. The van der Waals surface area contributed by atoms with Gasteiger partial charge in [-0.3, -0.25) is 0 Å². The third kappa shape index (κ3) is 6.40. The SMILES string of the molecule is COCC(C)OCC(O)CSc1cccc(C)c1. The quantitative estimate of drug-likeness (QED) is 0.737. The number of rotatable bonds is 8. The Morgan fingerprint density at radius 3 is 2.78 bits per heavy atom. The highest BCUT2D eigenvalue weighted by molar-refractivity contribution is 7.99. The van der Waals surface area contributed by atoms with Gasteiger partial charge in [0.1, 0.15) is 0 Å². The fourth-order valence-corrected chi connectivity index (χ4v) is 2.43. The molecule has 0 aliphatic rings. The average Bonchev–Trinajstić information content (AvgIpc) is 2.34. The minimum Gasteiger partial charge on any atom is -0.390 e. The van der Waals surface area contributed by atoms with Gasteiger partial charge in [0.05, 0.1) is 25.4 Å². The number of hydrogen-bond donors (Lipinski definition) is 1. The smallest absolute Gasteiger partial charge is 0.0867 e. The Balaban J connectivity index is 2.22. The van der Waals surface area contributed by atoms with Gasteiger partial charge in [0.2, 0.25) is 0 Å². The van der Waals surface area contributed by atoms with Crippen LogP contribution in [0.3, 0.4) is 0 Å². The maximum absolute atomic E-state index is 9.81. The van der Waals surface area contributed by atoms with Gasteiger partial charge >= 0.3 is 0 Å². The average molecular weight is 270 g/mol. The largest absolute Gasteiger partial charge is 0.390 e. The van der Waals surface area contributed by atoms with Crippen molar-refractivity contribution in [3.8, 4) is 0 Å². The molecule has 1 N–H and O–H groups in total. The fourth-order valence-electron chi connectivity index (χ4n) is 1.50. The maximum Gasteiger partial charge on any atom is 0.0867 e. The Labute approximate surface area is 113 Å². The van der Waals surface area contributed by atoms with Crippen LogP contribution in [0.1, 0.15) is 12.5 Å². The molecule has 0 aromatic heterocycles. The first-order chi connectivity index (χ1) is 8.61. The van der Waals surface area contributed by atoms with E-state index in [1.54, 1.807) is 18.9 Å². The number of hydrogen-bond acceptors (Lipinski definition) is 4. The number of thioether (sulfide) groups is 1. The van der Waals surface area contributed by atoms with Crippen LogP contribution in [-0.2, 0) is 9.47 Å². The molecule has 2 atom stereocenters. The van der Waals surface area contributed by atoms with Crippen molar-refractivity contribution < 1.29 is 14.6 Å². The molecular weight excluding hydrogens is 248 g/mol. The lowest BCUT2D eigenvalue weighted by atomic mass is 10.2. The van der Waals surface area contributed by atoms with Crippen molar-refractivity contribution in [2.75, 3.05) is 26.1 Å². The van der Waals surface area contributed by atoms with E-state index in [4.69, 9.17) is 9.47 Å². The molecule has 3 nitrogen and oxygen atoms in total. The van der Waals surface area contributed by atoms with E-state index in [0.29, 0.717) is 19.0 Å². The number of methoxy groups -OCH3 is 1. The van der Waals surface area contributed by atoms with Crippen molar-refractivity contribution in [2.24, 2.45) is 0 Å². The molecule has 0 saturated heterocycles. The maximum atomic E-state index is 9.81. The van der Waals surface area contributed by atoms with Gasteiger partial charge in [-0.05, 0) is 26.0 Å². The van der Waals surface area contributed by atoms with Crippen molar-refractivity contribution in [1.29, 1.82) is 0 Å². The Bertz CT molecular complexity index is 344. The Morgan fingerprint density at radius 1 is 1.33 bits per heavy atom. The lowest BCUT2D eigenvalue weighted by Crippen LogP contribution is -2.24. The van der Waals surface area contributed by atoms with Crippen LogP contribution >= 0.6 is 11.8 Å². The second-order valence-corrected chi connectivity index (χ2v) is 5.47. The van der Waals surface area contributed by atoms with Gasteiger partial charge in [-0.1, -0.05) is 17.7 Å². The van der Waals surface area contributed by atoms with Gasteiger partial charge in [0, 0.05) is 17.8 Å². The fraction of sp³-hybridized carbons (Fsp3) is 0.571. The van der Waals surface area contributed by atoms with Gasteiger partial charge in [-0.2, -0.15) is 0 Å². The zero-order chi connectivity index (χ0) is 13.4. The molecule has 0 amide bonds. The van der Waals surface area contributed by atoms with E-state index < -0.39 is 6.10 Å². The molecule has 1 rings (SSSR count). The van der Waals surface area contributed by atoms with E-state index in [-0.39, 0.29) is 6.10 Å². The van der Waals surface area contributed by atoms with Crippen LogP contribution < -0.4 is 0 Å². The summed E-state index contributed by atoms with van der Waals surface area (Å²) in [7, 11) is 1.64. The zero-order valence-electron chi connectivity index (χ0n) is 11.3. The molecule has 0 aliphatic carbocycles. The van der Waals surface area contributed by atoms with Crippen LogP contribution in [0.25, 0.3) is 0 Å². The van der Waals surface area contributed by atoms with Crippen molar-refractivity contribution in [2.45, 2.75) is 31.0 Å². The number of aryl methyl sites for hydroxylation is 1. The minimum atomic E-state index is -0.449. The lowest BCUT2D eigenvalue weighted by molar-refractivity contribution is -0.0257. The van der Waals surface area contributed by atoms with E-state index in [9.17, 15) is 5.11 Å². The Hall–Kier alpha value is -0.550. The number of aliphatic hydroxyl groups excluding tert-OH is 1. The molecule has 4 heteroatoms. The summed E-state index contributed by atoms with van der Waals surface area (Å²) >= 11 is 1.65. The zero-order valence-corrected chi connectivity index (χ0v) is 12.1. The van der Waals surface area contributed by atoms with E-state index >= 15 is 0 Å². The van der Waals surface area contributed by atoms with Gasteiger partial charge in [-0.15, -0.1) is 11.8 Å². The summed E-state index contributed by atoms with van der Waals surface area (Å²) in [6.45, 7) is 4.90. The topological polar surface area (TPSA) is 38.7 Å². The molecule has 0 radical (unpaired) electrons. The number of aliphatic hydroxyl groups is 1. The Morgan fingerprint density at radius 2 is 2.11 bits per heavy atom. The van der Waals surface area contributed by atoms with Crippen molar-refractivity contribution >= 4 is 11.8 Å². The van der Waals surface area contributed by atoms with E-state index in [1.165, 1.54) is 10.5 Å². The van der Waals surface area contributed by atoms with Crippen LogP contribution in [0.5, 0.6) is 0 Å². The highest BCUT2D eigenvalue weighted by Gasteiger charge is 2.08. The number of benzene rings is 1. The van der Waals surface area contributed by atoms with Crippen LogP contribution in [0.2, 0.25) is 0 Å². The second kappa shape index (κ2) is 8.53. The molecule has 0 saturated carbocycles. The molecule has 102 valence electrons. The van der Waals surface area contributed by atoms with E-state index in [2.05, 4.69) is 25.1 Å². The predicted molar refractivity (Wildman–Crippen MR) is 75.2 cm³/mol. The van der Waals surface area contributed by atoms with E-state index in [1.807, 2.05) is 13.0 Å². The molecule has 1 aromatic rings. The lowest BCUT2D eigenvalue weighted by Gasteiger charge is -2.15. The van der Waals surface area contributed by atoms with Gasteiger partial charge in [0.25, 0.3) is 0 Å². The molecule has 0 spiro atoms. The summed E-state index contributed by atoms with van der Waals surface area (Å²) in [5, 5.41) is 9.81. The molecule has 0 aliphatic heterocycles. The first kappa shape index (κ1) is 15.5. The molecular formula is C14H22O3S. The normalized spacial score (nSPS) is 14.4. The van der Waals surface area contributed by atoms with Crippen LogP contribution in [0.4, 0.5) is 0 Å². The van der Waals surface area contributed by atoms with Crippen LogP contribution in [0, 0.1) is 6.92 Å². The summed E-state index contributed by atoms with van der Waals surface area (Å²) in [4.78, 5) is 1.18. The summed E-state index contributed by atoms with van der Waals surface area (Å²) in [5.74, 6) is 0.642. The molecule has 0 bridgehead atoms. The molecule has 1 aromatic carbocycles. The van der Waals surface area contributed by atoms with Gasteiger partial charge in [0.15, 0.2) is 0 Å². The first-order valence-electron chi connectivity index (χ1n) is 6.10. The molecule has 18 heavy (non-hydrogen) atoms. The first-order valence-corrected chi connectivity index (χ1v) is 7.08. The van der Waals surface area contributed by atoms with E-state index in [0.717, 1.165) is 0 Å². The predicted octanol–water partition coefficient (Wildman–Crippen LogP) is 2.50. The van der Waals surface area contributed by atoms with Gasteiger partial charge < -0.3 is 14.6 Å². The minimum absolute atomic E-state index is 0.0219. The molecule has 0 fully saturated rings. The number of ether oxygens (including phenoxy) is 2. The standard InChI is InChI=1S/C14H22O3S/c1-11-5-4-6-14(7-11)18-10-13(15)9-17-12(2)8-16-3/h4-7,12-13,15H,8-10H2,1-3H3. The van der Waals surface area contributed by atoms with Crippen molar-refractivity contribution in [1.82, 2.24) is 0 Å². The summed E-state index contributed by atoms with van der Waals surface area (Å²) in [5.41, 5.74) is 1.24. The second-order valence-electron chi connectivity index (χ2n) is 4.38.